The highest BCUT2D eigenvalue weighted by Gasteiger charge is 2.17. The summed E-state index contributed by atoms with van der Waals surface area (Å²) in [6, 6.07) is 9.01. The first-order valence-corrected chi connectivity index (χ1v) is 6.88. The summed E-state index contributed by atoms with van der Waals surface area (Å²) in [5, 5.41) is 3.85. The minimum absolute atomic E-state index is 0. The summed E-state index contributed by atoms with van der Waals surface area (Å²) >= 11 is 7.52. The number of aromatic nitrogens is 2. The summed E-state index contributed by atoms with van der Waals surface area (Å²) in [4.78, 5) is 29.6. The number of hydrogen-bond donors (Lipinski definition) is 2. The van der Waals surface area contributed by atoms with Crippen molar-refractivity contribution in [1.29, 1.82) is 0 Å². The van der Waals surface area contributed by atoms with E-state index in [1.54, 1.807) is 0 Å². The number of thiophene rings is 1. The van der Waals surface area contributed by atoms with Gasteiger partial charge >= 0.3 is 5.69 Å². The number of fused-ring (bicyclic) bond motifs is 1. The van der Waals surface area contributed by atoms with Crippen molar-refractivity contribution in [2.75, 3.05) is 5.32 Å². The van der Waals surface area contributed by atoms with Gasteiger partial charge < -0.3 is 17.7 Å². The quantitative estimate of drug-likeness (QED) is 0.683. The molecule has 21 heavy (non-hydrogen) atoms. The zero-order valence-electron chi connectivity index (χ0n) is 10.4. The molecule has 2 heterocycles. The maximum Gasteiger partial charge on any atom is 0.346 e. The number of nitrogens with zero attached hydrogens (tertiary/aromatic N) is 1. The zero-order valence-corrected chi connectivity index (χ0v) is 12.7. The van der Waals surface area contributed by atoms with Crippen molar-refractivity contribution in [1.82, 2.24) is 9.97 Å². The largest absolute Gasteiger partial charge is 1.00 e. The molecule has 0 radical (unpaired) electrons. The van der Waals surface area contributed by atoms with Crippen LogP contribution in [0.25, 0.3) is 10.1 Å². The fourth-order valence-corrected chi connectivity index (χ4v) is 3.19. The molecular formula is C13H8Cl2N3O2S-. The maximum absolute atomic E-state index is 12.2. The Kier molecular flexibility index (Phi) is 4.62. The molecule has 0 spiro atoms. The van der Waals surface area contributed by atoms with Crippen LogP contribution in [0.3, 0.4) is 0 Å². The second-order valence-electron chi connectivity index (χ2n) is 3.98. The van der Waals surface area contributed by atoms with Crippen molar-refractivity contribution < 1.29 is 17.2 Å². The maximum atomic E-state index is 12.2. The summed E-state index contributed by atoms with van der Waals surface area (Å²) in [7, 11) is 0. The van der Waals surface area contributed by atoms with Gasteiger partial charge in [-0.3, -0.25) is 9.78 Å². The molecular weight excluding hydrogens is 333 g/mol. The van der Waals surface area contributed by atoms with Crippen molar-refractivity contribution in [3.05, 3.63) is 56.9 Å². The molecule has 8 heteroatoms. The molecule has 0 aliphatic rings. The van der Waals surface area contributed by atoms with E-state index in [9.17, 15) is 9.59 Å². The van der Waals surface area contributed by atoms with Gasteiger partial charge in [-0.1, -0.05) is 29.8 Å². The van der Waals surface area contributed by atoms with Gasteiger partial charge in [0.2, 0.25) is 0 Å². The lowest BCUT2D eigenvalue weighted by atomic mass is 10.2. The minimum atomic E-state index is -0.523. The number of benzene rings is 1. The lowest BCUT2D eigenvalue weighted by Gasteiger charge is -2.02. The highest BCUT2D eigenvalue weighted by molar-refractivity contribution is 7.21. The lowest BCUT2D eigenvalue weighted by Crippen LogP contribution is -3.00. The Bertz CT molecular complexity index is 860. The van der Waals surface area contributed by atoms with Gasteiger partial charge in [0, 0.05) is 16.3 Å². The van der Waals surface area contributed by atoms with E-state index >= 15 is 0 Å². The molecule has 0 saturated carbocycles. The summed E-state index contributed by atoms with van der Waals surface area (Å²) in [6.45, 7) is 0. The van der Waals surface area contributed by atoms with E-state index in [-0.39, 0.29) is 24.1 Å². The Balaban J connectivity index is 0.00000161. The molecule has 5 nitrogen and oxygen atoms in total. The number of hydrogen-bond acceptors (Lipinski definition) is 4. The van der Waals surface area contributed by atoms with Crippen LogP contribution >= 0.6 is 22.9 Å². The SMILES string of the molecule is O=C(Nc1ccnc(=O)[nH]1)c1sc2ccccc2c1Cl.[Cl-]. The van der Waals surface area contributed by atoms with Gasteiger partial charge in [0.25, 0.3) is 5.91 Å². The van der Waals surface area contributed by atoms with Gasteiger partial charge in [0.05, 0.1) is 5.02 Å². The number of anilines is 1. The molecule has 0 aliphatic carbocycles. The molecule has 0 saturated heterocycles. The van der Waals surface area contributed by atoms with Crippen LogP contribution in [0.1, 0.15) is 9.67 Å². The standard InChI is InChI=1S/C13H8ClN3O2S.ClH/c14-10-7-3-1-2-4-8(7)20-11(10)12(18)16-9-5-6-15-13(19)17-9;/h1-6H,(H2,15,16,17,18,19);1H/p-1. The first kappa shape index (κ1) is 15.5. The summed E-state index contributed by atoms with van der Waals surface area (Å²) in [5.74, 6) is -0.0819. The monoisotopic (exact) mass is 340 g/mol. The van der Waals surface area contributed by atoms with Crippen LogP contribution in [0.4, 0.5) is 5.82 Å². The first-order valence-electron chi connectivity index (χ1n) is 5.69. The highest BCUT2D eigenvalue weighted by Crippen LogP contribution is 2.35. The topological polar surface area (TPSA) is 74.8 Å². The number of rotatable bonds is 2. The number of amides is 1. The van der Waals surface area contributed by atoms with Gasteiger partial charge in [-0.05, 0) is 12.1 Å². The van der Waals surface area contributed by atoms with Crippen LogP contribution in [0.2, 0.25) is 5.02 Å². The molecule has 3 aromatic rings. The Labute approximate surface area is 134 Å². The Morgan fingerprint density at radius 3 is 2.76 bits per heavy atom. The number of carbonyl (C=O) groups is 1. The number of H-pyrrole nitrogens is 1. The molecule has 0 unspecified atom stereocenters. The third kappa shape index (κ3) is 3.07. The van der Waals surface area contributed by atoms with Gasteiger partial charge in [-0.15, -0.1) is 11.3 Å². The molecule has 0 aliphatic heterocycles. The highest BCUT2D eigenvalue weighted by atomic mass is 35.5. The lowest BCUT2D eigenvalue weighted by molar-refractivity contribution is -0.0000117. The van der Waals surface area contributed by atoms with Gasteiger partial charge in [-0.25, -0.2) is 9.78 Å². The average Bonchev–Trinajstić information content (AvgIpc) is 2.77. The third-order valence-electron chi connectivity index (χ3n) is 2.66. The molecule has 0 bridgehead atoms. The van der Waals surface area contributed by atoms with Gasteiger partial charge in [0.15, 0.2) is 0 Å². The fourth-order valence-electron chi connectivity index (χ4n) is 1.78. The van der Waals surface area contributed by atoms with E-state index in [1.165, 1.54) is 23.6 Å². The van der Waals surface area contributed by atoms with E-state index in [0.29, 0.717) is 9.90 Å². The zero-order chi connectivity index (χ0) is 14.1. The Hall–Kier alpha value is -1.89. The molecule has 1 amide bonds. The van der Waals surface area contributed by atoms with Crippen molar-refractivity contribution in [3.8, 4) is 0 Å². The van der Waals surface area contributed by atoms with E-state index in [2.05, 4.69) is 15.3 Å². The molecule has 0 fully saturated rings. The molecule has 108 valence electrons. The normalized spacial score (nSPS) is 10.1. The van der Waals surface area contributed by atoms with Crippen LogP contribution in [0, 0.1) is 0 Å². The summed E-state index contributed by atoms with van der Waals surface area (Å²) in [5.41, 5.74) is -0.523. The minimum Gasteiger partial charge on any atom is -1.00 e. The second kappa shape index (κ2) is 6.26. The Morgan fingerprint density at radius 2 is 2.05 bits per heavy atom. The van der Waals surface area contributed by atoms with Crippen LogP contribution in [-0.2, 0) is 0 Å². The van der Waals surface area contributed by atoms with E-state index < -0.39 is 5.69 Å². The number of halogens is 2. The summed E-state index contributed by atoms with van der Waals surface area (Å²) in [6.07, 6.45) is 1.32. The smallest absolute Gasteiger partial charge is 0.346 e. The number of aromatic amines is 1. The van der Waals surface area contributed by atoms with Crippen molar-refractivity contribution >= 4 is 44.7 Å². The number of carbonyl (C=O) groups excluding carboxylic acids is 1. The predicted molar refractivity (Wildman–Crippen MR) is 79.6 cm³/mol. The summed E-state index contributed by atoms with van der Waals surface area (Å²) < 4.78 is 0.936. The fraction of sp³-hybridized carbons (Fsp3) is 0. The molecule has 3 rings (SSSR count). The second-order valence-corrected chi connectivity index (χ2v) is 5.41. The Morgan fingerprint density at radius 1 is 1.29 bits per heavy atom. The van der Waals surface area contributed by atoms with Gasteiger partial charge in [-0.2, -0.15) is 0 Å². The molecule has 0 atom stereocenters. The first-order chi connectivity index (χ1) is 9.65. The van der Waals surface area contributed by atoms with Crippen molar-refractivity contribution in [2.45, 2.75) is 0 Å². The van der Waals surface area contributed by atoms with E-state index in [0.717, 1.165) is 10.1 Å². The predicted octanol–water partition coefficient (Wildman–Crippen LogP) is -0.106. The van der Waals surface area contributed by atoms with Crippen LogP contribution in [0.5, 0.6) is 0 Å². The van der Waals surface area contributed by atoms with Crippen molar-refractivity contribution in [3.63, 3.8) is 0 Å². The third-order valence-corrected chi connectivity index (χ3v) is 4.34. The van der Waals surface area contributed by atoms with Crippen LogP contribution < -0.4 is 23.4 Å². The average molecular weight is 341 g/mol. The van der Waals surface area contributed by atoms with Crippen molar-refractivity contribution in [2.24, 2.45) is 0 Å². The molecule has 2 N–H and O–H groups in total. The van der Waals surface area contributed by atoms with Crippen LogP contribution in [-0.4, -0.2) is 15.9 Å². The molecule has 2 aromatic heterocycles. The van der Waals surface area contributed by atoms with Gasteiger partial charge in [0.1, 0.15) is 10.7 Å². The molecule has 1 aromatic carbocycles. The van der Waals surface area contributed by atoms with E-state index in [4.69, 9.17) is 11.6 Å². The van der Waals surface area contributed by atoms with E-state index in [1.807, 2.05) is 24.3 Å². The number of nitrogens with one attached hydrogen (secondary N) is 2. The van der Waals surface area contributed by atoms with Crippen LogP contribution in [0.15, 0.2) is 41.3 Å².